The molecule has 2 aromatic heterocycles. The number of nitrogens with zero attached hydrogens (tertiary/aromatic N) is 5. The van der Waals surface area contributed by atoms with Crippen LogP contribution in [0.3, 0.4) is 0 Å². The van der Waals surface area contributed by atoms with Crippen LogP contribution in [0.1, 0.15) is 19.4 Å². The first-order chi connectivity index (χ1) is 7.52. The van der Waals surface area contributed by atoms with Crippen molar-refractivity contribution >= 4 is 23.2 Å². The van der Waals surface area contributed by atoms with Gasteiger partial charge in [-0.05, 0) is 20.8 Å². The second-order valence-electron chi connectivity index (χ2n) is 4.03. The summed E-state index contributed by atoms with van der Waals surface area (Å²) < 4.78 is 1.71. The zero-order valence-electron chi connectivity index (χ0n) is 9.77. The number of hydrogen-bond donors (Lipinski definition) is 0. The molecule has 0 aliphatic carbocycles. The van der Waals surface area contributed by atoms with Crippen LogP contribution in [0.5, 0.6) is 0 Å². The molecule has 6 heteroatoms. The fourth-order valence-electron chi connectivity index (χ4n) is 1.54. The maximum Gasteiger partial charge on any atom is 0.255 e. The van der Waals surface area contributed by atoms with E-state index < -0.39 is 0 Å². The van der Waals surface area contributed by atoms with Crippen molar-refractivity contribution in [2.75, 3.05) is 11.9 Å². The van der Waals surface area contributed by atoms with Gasteiger partial charge < -0.3 is 4.90 Å². The minimum absolute atomic E-state index is 0.351. The molecule has 2 rings (SSSR count). The summed E-state index contributed by atoms with van der Waals surface area (Å²) in [7, 11) is 2.00. The molecule has 0 amide bonds. The number of hydrogen-bond acceptors (Lipinski definition) is 4. The predicted molar refractivity (Wildman–Crippen MR) is 64.1 cm³/mol. The molecular weight excluding hydrogens is 226 g/mol. The highest BCUT2D eigenvalue weighted by atomic mass is 35.5. The predicted octanol–water partition coefficient (Wildman–Crippen LogP) is 1.93. The standard InChI is InChI=1S/C10H14ClN5/c1-6(2)15(4)9-7(3)8(11)14-10-12-5-13-16(9)10/h5-6H,1-4H3. The molecule has 16 heavy (non-hydrogen) atoms. The topological polar surface area (TPSA) is 46.3 Å². The first kappa shape index (κ1) is 11.1. The molecule has 0 unspecified atom stereocenters. The first-order valence-corrected chi connectivity index (χ1v) is 5.49. The van der Waals surface area contributed by atoms with Crippen LogP contribution in [-0.2, 0) is 0 Å². The molecule has 0 aromatic carbocycles. The maximum atomic E-state index is 6.08. The van der Waals surface area contributed by atoms with Crippen LogP contribution in [0, 0.1) is 6.92 Å². The molecule has 0 bridgehead atoms. The highest BCUT2D eigenvalue weighted by molar-refractivity contribution is 6.30. The number of fused-ring (bicyclic) bond motifs is 1. The number of anilines is 1. The van der Waals surface area contributed by atoms with Gasteiger partial charge >= 0.3 is 0 Å². The van der Waals surface area contributed by atoms with Crippen LogP contribution in [0.2, 0.25) is 5.15 Å². The molecule has 5 nitrogen and oxygen atoms in total. The van der Waals surface area contributed by atoms with E-state index in [2.05, 4.69) is 33.8 Å². The van der Waals surface area contributed by atoms with Gasteiger partial charge in [-0.3, -0.25) is 0 Å². The maximum absolute atomic E-state index is 6.08. The Morgan fingerprint density at radius 2 is 2.12 bits per heavy atom. The molecule has 0 N–H and O–H groups in total. The summed E-state index contributed by atoms with van der Waals surface area (Å²) in [5.74, 6) is 1.46. The van der Waals surface area contributed by atoms with Gasteiger partial charge in [0.25, 0.3) is 5.78 Å². The summed E-state index contributed by atoms with van der Waals surface area (Å²) >= 11 is 6.08. The molecule has 0 fully saturated rings. The van der Waals surface area contributed by atoms with E-state index in [1.54, 1.807) is 4.52 Å². The average Bonchev–Trinajstić information content (AvgIpc) is 2.66. The summed E-state index contributed by atoms with van der Waals surface area (Å²) in [6.07, 6.45) is 1.48. The number of halogens is 1. The summed E-state index contributed by atoms with van der Waals surface area (Å²) in [5.41, 5.74) is 0.913. The molecule has 0 atom stereocenters. The minimum atomic E-state index is 0.351. The van der Waals surface area contributed by atoms with Crippen LogP contribution >= 0.6 is 11.6 Å². The van der Waals surface area contributed by atoms with E-state index in [1.807, 2.05) is 14.0 Å². The molecule has 0 radical (unpaired) electrons. The highest BCUT2D eigenvalue weighted by Crippen LogP contribution is 2.25. The average molecular weight is 240 g/mol. The van der Waals surface area contributed by atoms with Gasteiger partial charge in [0.2, 0.25) is 0 Å². The Bertz CT molecular complexity index is 519. The van der Waals surface area contributed by atoms with E-state index in [0.29, 0.717) is 17.0 Å². The third-order valence-corrected chi connectivity index (χ3v) is 3.05. The van der Waals surface area contributed by atoms with E-state index in [9.17, 15) is 0 Å². The summed E-state index contributed by atoms with van der Waals surface area (Å²) in [5, 5.41) is 4.64. The molecule has 0 spiro atoms. The van der Waals surface area contributed by atoms with Gasteiger partial charge in [0.15, 0.2) is 0 Å². The molecule has 0 saturated heterocycles. The van der Waals surface area contributed by atoms with Crippen molar-refractivity contribution in [1.82, 2.24) is 19.6 Å². The minimum Gasteiger partial charge on any atom is -0.357 e. The van der Waals surface area contributed by atoms with Crippen molar-refractivity contribution in [1.29, 1.82) is 0 Å². The normalized spacial score (nSPS) is 11.4. The monoisotopic (exact) mass is 239 g/mol. The van der Waals surface area contributed by atoms with Gasteiger partial charge in [0.1, 0.15) is 17.3 Å². The van der Waals surface area contributed by atoms with Crippen LogP contribution in [0.4, 0.5) is 5.82 Å². The van der Waals surface area contributed by atoms with Crippen LogP contribution in [-0.4, -0.2) is 32.7 Å². The van der Waals surface area contributed by atoms with Crippen LogP contribution in [0.15, 0.2) is 6.33 Å². The van der Waals surface area contributed by atoms with Crippen molar-refractivity contribution < 1.29 is 0 Å². The zero-order valence-corrected chi connectivity index (χ0v) is 10.5. The fraction of sp³-hybridized carbons (Fsp3) is 0.500. The second kappa shape index (κ2) is 3.90. The van der Waals surface area contributed by atoms with Gasteiger partial charge in [-0.1, -0.05) is 11.6 Å². The lowest BCUT2D eigenvalue weighted by atomic mass is 10.3. The van der Waals surface area contributed by atoms with Gasteiger partial charge in [0.05, 0.1) is 0 Å². The van der Waals surface area contributed by atoms with E-state index in [0.717, 1.165) is 11.4 Å². The quantitative estimate of drug-likeness (QED) is 0.752. The third-order valence-electron chi connectivity index (χ3n) is 2.68. The first-order valence-electron chi connectivity index (χ1n) is 5.11. The van der Waals surface area contributed by atoms with Crippen molar-refractivity contribution in [3.05, 3.63) is 17.0 Å². The summed E-state index contributed by atoms with van der Waals surface area (Å²) in [6.45, 7) is 6.15. The van der Waals surface area contributed by atoms with E-state index in [1.165, 1.54) is 6.33 Å². The second-order valence-corrected chi connectivity index (χ2v) is 4.39. The van der Waals surface area contributed by atoms with Crippen molar-refractivity contribution in [3.63, 3.8) is 0 Å². The Labute approximate surface area is 99.1 Å². The lowest BCUT2D eigenvalue weighted by Gasteiger charge is -2.25. The lowest BCUT2D eigenvalue weighted by Crippen LogP contribution is -2.29. The SMILES string of the molecule is Cc1c(Cl)nc2ncnn2c1N(C)C(C)C. The smallest absolute Gasteiger partial charge is 0.255 e. The molecule has 2 aromatic rings. The number of aromatic nitrogens is 4. The number of rotatable bonds is 2. The van der Waals surface area contributed by atoms with Crippen molar-refractivity contribution in [2.45, 2.75) is 26.8 Å². The zero-order chi connectivity index (χ0) is 11.9. The van der Waals surface area contributed by atoms with E-state index in [4.69, 9.17) is 11.6 Å². The van der Waals surface area contributed by atoms with Crippen molar-refractivity contribution in [3.8, 4) is 0 Å². The van der Waals surface area contributed by atoms with E-state index >= 15 is 0 Å². The van der Waals surface area contributed by atoms with Gasteiger partial charge in [-0.25, -0.2) is 0 Å². The summed E-state index contributed by atoms with van der Waals surface area (Å²) in [4.78, 5) is 10.3. The van der Waals surface area contributed by atoms with Gasteiger partial charge in [-0.2, -0.15) is 19.6 Å². The molecule has 0 aliphatic rings. The Morgan fingerprint density at radius 3 is 2.75 bits per heavy atom. The van der Waals surface area contributed by atoms with Gasteiger partial charge in [-0.15, -0.1) is 0 Å². The lowest BCUT2D eigenvalue weighted by molar-refractivity contribution is 0.718. The Hall–Kier alpha value is -1.36. The van der Waals surface area contributed by atoms with Crippen molar-refractivity contribution in [2.24, 2.45) is 0 Å². The molecule has 2 heterocycles. The Kier molecular flexibility index (Phi) is 2.71. The molecular formula is C10H14ClN5. The molecule has 86 valence electrons. The fourth-order valence-corrected chi connectivity index (χ4v) is 1.70. The summed E-state index contributed by atoms with van der Waals surface area (Å²) in [6, 6.07) is 0.351. The molecule has 0 aliphatic heterocycles. The van der Waals surface area contributed by atoms with Crippen LogP contribution in [0.25, 0.3) is 5.78 Å². The Balaban J connectivity index is 2.73. The van der Waals surface area contributed by atoms with E-state index in [-0.39, 0.29) is 0 Å². The molecule has 0 saturated carbocycles. The Morgan fingerprint density at radius 1 is 1.44 bits per heavy atom. The highest BCUT2D eigenvalue weighted by Gasteiger charge is 2.17. The van der Waals surface area contributed by atoms with Gasteiger partial charge in [0, 0.05) is 18.7 Å². The largest absolute Gasteiger partial charge is 0.357 e. The van der Waals surface area contributed by atoms with Crippen LogP contribution < -0.4 is 4.90 Å². The third kappa shape index (κ3) is 1.61.